The predicted octanol–water partition coefficient (Wildman–Crippen LogP) is 3.28. The number of hydrogen-bond donors (Lipinski definition) is 2. The number of nitrogens with zero attached hydrogens (tertiary/aromatic N) is 2. The second-order valence-corrected chi connectivity index (χ2v) is 6.91. The lowest BCUT2D eigenvalue weighted by atomic mass is 10.2. The molecule has 0 atom stereocenters. The molecule has 3 amide bonds. The van der Waals surface area contributed by atoms with Crippen LogP contribution in [0.3, 0.4) is 0 Å². The molecule has 0 aliphatic carbocycles. The molecule has 9 heteroatoms. The Hall–Kier alpha value is -1.77. The minimum atomic E-state index is -0.630. The van der Waals surface area contributed by atoms with Gasteiger partial charge in [-0.05, 0) is 23.2 Å². The van der Waals surface area contributed by atoms with Gasteiger partial charge in [-0.2, -0.15) is 4.37 Å². The highest BCUT2D eigenvalue weighted by atomic mass is 35.5. The summed E-state index contributed by atoms with van der Waals surface area (Å²) < 4.78 is 4.22. The van der Waals surface area contributed by atoms with E-state index in [0.29, 0.717) is 20.8 Å². The van der Waals surface area contributed by atoms with Crippen molar-refractivity contribution in [3.05, 3.63) is 40.4 Å². The second kappa shape index (κ2) is 7.67. The number of aromatic nitrogens is 1. The van der Waals surface area contributed by atoms with Gasteiger partial charge in [-0.25, -0.2) is 4.79 Å². The maximum atomic E-state index is 11.7. The number of halogens is 1. The van der Waals surface area contributed by atoms with Gasteiger partial charge in [0.2, 0.25) is 0 Å². The average Bonchev–Trinajstić information content (AvgIpc) is 2.89. The monoisotopic (exact) mass is 370 g/mol. The number of hydrogen-bond acceptors (Lipinski definition) is 5. The number of carbonyl (C=O) groups excluding carboxylic acids is 2. The van der Waals surface area contributed by atoms with Gasteiger partial charge in [-0.3, -0.25) is 10.1 Å². The lowest BCUT2D eigenvalue weighted by Crippen LogP contribution is -2.28. The van der Waals surface area contributed by atoms with Crippen LogP contribution in [-0.4, -0.2) is 35.3 Å². The summed E-state index contributed by atoms with van der Waals surface area (Å²) in [5.41, 5.74) is 6.59. The normalized spacial score (nSPS) is 10.4. The van der Waals surface area contributed by atoms with Crippen LogP contribution >= 0.6 is 34.9 Å². The fourth-order valence-electron chi connectivity index (χ4n) is 1.65. The average molecular weight is 371 g/mol. The number of amides is 3. The van der Waals surface area contributed by atoms with Crippen LogP contribution in [0.1, 0.15) is 15.9 Å². The highest BCUT2D eigenvalue weighted by molar-refractivity contribution is 7.98. The van der Waals surface area contributed by atoms with Crippen LogP contribution in [0.5, 0.6) is 0 Å². The van der Waals surface area contributed by atoms with Gasteiger partial charge < -0.3 is 10.6 Å². The zero-order valence-electron chi connectivity index (χ0n) is 12.5. The zero-order valence-corrected chi connectivity index (χ0v) is 14.9. The first-order valence-electron chi connectivity index (χ1n) is 6.54. The molecule has 2 rings (SSSR count). The number of rotatable bonds is 5. The predicted molar refractivity (Wildman–Crippen MR) is 94.4 cm³/mol. The maximum absolute atomic E-state index is 11.7. The van der Waals surface area contributed by atoms with Gasteiger partial charge in [0, 0.05) is 24.9 Å². The van der Waals surface area contributed by atoms with E-state index in [1.165, 1.54) is 16.7 Å². The molecule has 2 aromatic rings. The van der Waals surface area contributed by atoms with Crippen LogP contribution in [0.25, 0.3) is 0 Å². The number of nitrogens with one attached hydrogen (secondary N) is 1. The summed E-state index contributed by atoms with van der Waals surface area (Å²) in [6, 6.07) is 7.10. The standard InChI is InChI=1S/C14H15ClN4O2S2/c1-19(2)14(21)17-12-10(11(16)20)13(18-23-12)22-7-8-5-3-4-6-9(8)15/h3-6H,7H2,1-2H3,(H2,16,20)(H,17,21). The highest BCUT2D eigenvalue weighted by Crippen LogP contribution is 2.34. The van der Waals surface area contributed by atoms with Gasteiger partial charge in [0.15, 0.2) is 0 Å². The molecule has 122 valence electrons. The first kappa shape index (κ1) is 17.6. The minimum Gasteiger partial charge on any atom is -0.365 e. The molecule has 0 aliphatic heterocycles. The van der Waals surface area contributed by atoms with E-state index in [1.807, 2.05) is 18.2 Å². The van der Waals surface area contributed by atoms with Crippen molar-refractivity contribution < 1.29 is 9.59 Å². The first-order chi connectivity index (χ1) is 10.9. The lowest BCUT2D eigenvalue weighted by Gasteiger charge is -2.11. The van der Waals surface area contributed by atoms with E-state index < -0.39 is 5.91 Å². The van der Waals surface area contributed by atoms with Crippen molar-refractivity contribution in [2.45, 2.75) is 10.8 Å². The number of nitrogens with two attached hydrogens (primary N) is 1. The molecule has 0 radical (unpaired) electrons. The molecule has 6 nitrogen and oxygen atoms in total. The molecule has 23 heavy (non-hydrogen) atoms. The molecular formula is C14H15ClN4O2S2. The smallest absolute Gasteiger partial charge is 0.321 e. The van der Waals surface area contributed by atoms with Crippen molar-refractivity contribution in [1.29, 1.82) is 0 Å². The molecule has 0 saturated heterocycles. The van der Waals surface area contributed by atoms with E-state index in [4.69, 9.17) is 17.3 Å². The SMILES string of the molecule is CN(C)C(=O)Nc1snc(SCc2ccccc2Cl)c1C(N)=O. The van der Waals surface area contributed by atoms with E-state index in [1.54, 1.807) is 20.2 Å². The van der Waals surface area contributed by atoms with Gasteiger partial charge >= 0.3 is 6.03 Å². The van der Waals surface area contributed by atoms with E-state index >= 15 is 0 Å². The van der Waals surface area contributed by atoms with E-state index in [2.05, 4.69) is 9.69 Å². The zero-order chi connectivity index (χ0) is 17.0. The third kappa shape index (κ3) is 4.37. The summed E-state index contributed by atoms with van der Waals surface area (Å²) in [5, 5.41) is 4.10. The largest absolute Gasteiger partial charge is 0.365 e. The van der Waals surface area contributed by atoms with Crippen molar-refractivity contribution in [2.75, 3.05) is 19.4 Å². The number of anilines is 1. The number of thioether (sulfide) groups is 1. The molecule has 1 aromatic heterocycles. The van der Waals surface area contributed by atoms with Crippen molar-refractivity contribution >= 4 is 51.8 Å². The number of primary amides is 1. The van der Waals surface area contributed by atoms with Crippen molar-refractivity contribution in [3.63, 3.8) is 0 Å². The maximum Gasteiger partial charge on any atom is 0.321 e. The Balaban J connectivity index is 2.19. The van der Waals surface area contributed by atoms with E-state index in [-0.39, 0.29) is 11.6 Å². The fraction of sp³-hybridized carbons (Fsp3) is 0.214. The van der Waals surface area contributed by atoms with Gasteiger partial charge in [-0.15, -0.1) is 0 Å². The molecular weight excluding hydrogens is 356 g/mol. The Morgan fingerprint density at radius 2 is 2.09 bits per heavy atom. The summed E-state index contributed by atoms with van der Waals surface area (Å²) >= 11 is 8.49. The van der Waals surface area contributed by atoms with Crippen LogP contribution in [0.15, 0.2) is 29.3 Å². The van der Waals surface area contributed by atoms with Gasteiger partial charge in [0.25, 0.3) is 5.91 Å². The van der Waals surface area contributed by atoms with E-state index in [9.17, 15) is 9.59 Å². The summed E-state index contributed by atoms with van der Waals surface area (Å²) in [6.45, 7) is 0. The fourth-order valence-corrected chi connectivity index (χ4v) is 3.89. The Morgan fingerprint density at radius 1 is 1.39 bits per heavy atom. The van der Waals surface area contributed by atoms with Crippen molar-refractivity contribution in [1.82, 2.24) is 9.27 Å². The molecule has 1 aromatic carbocycles. The van der Waals surface area contributed by atoms with Crippen molar-refractivity contribution in [3.8, 4) is 0 Å². The molecule has 0 saturated carbocycles. The topological polar surface area (TPSA) is 88.3 Å². The third-order valence-corrected chi connectivity index (χ3v) is 5.13. The van der Waals surface area contributed by atoms with Gasteiger partial charge in [0.05, 0.1) is 0 Å². The van der Waals surface area contributed by atoms with Crippen LogP contribution < -0.4 is 11.1 Å². The molecule has 0 aliphatic rings. The van der Waals surface area contributed by atoms with Crippen LogP contribution in [0, 0.1) is 0 Å². The van der Waals surface area contributed by atoms with Gasteiger partial charge in [0.1, 0.15) is 15.6 Å². The molecule has 1 heterocycles. The summed E-state index contributed by atoms with van der Waals surface area (Å²) in [6.07, 6.45) is 0. The summed E-state index contributed by atoms with van der Waals surface area (Å²) in [4.78, 5) is 24.8. The molecule has 0 spiro atoms. The summed E-state index contributed by atoms with van der Waals surface area (Å²) in [5.74, 6) is -0.0837. The third-order valence-electron chi connectivity index (χ3n) is 2.86. The van der Waals surface area contributed by atoms with E-state index in [0.717, 1.165) is 17.1 Å². The quantitative estimate of drug-likeness (QED) is 0.790. The van der Waals surface area contributed by atoms with Crippen molar-refractivity contribution in [2.24, 2.45) is 5.73 Å². The molecule has 3 N–H and O–H groups in total. The van der Waals surface area contributed by atoms with Crippen LogP contribution in [0.4, 0.5) is 9.80 Å². The Morgan fingerprint density at radius 3 is 2.70 bits per heavy atom. The Kier molecular flexibility index (Phi) is 5.86. The number of urea groups is 1. The highest BCUT2D eigenvalue weighted by Gasteiger charge is 2.21. The van der Waals surface area contributed by atoms with Crippen LogP contribution in [-0.2, 0) is 5.75 Å². The molecule has 0 bridgehead atoms. The number of benzene rings is 1. The van der Waals surface area contributed by atoms with Gasteiger partial charge in [-0.1, -0.05) is 41.6 Å². The number of carbonyl (C=O) groups is 2. The summed E-state index contributed by atoms with van der Waals surface area (Å²) in [7, 11) is 3.21. The Bertz CT molecular complexity index is 733. The second-order valence-electron chi connectivity index (χ2n) is 4.76. The first-order valence-corrected chi connectivity index (χ1v) is 8.67. The lowest BCUT2D eigenvalue weighted by molar-refractivity contribution is 0.0998. The van der Waals surface area contributed by atoms with Crippen LogP contribution in [0.2, 0.25) is 5.02 Å². The minimum absolute atomic E-state index is 0.224. The molecule has 0 unspecified atom stereocenters. The molecule has 0 fully saturated rings. The Labute approximate surface area is 147 Å².